The van der Waals surface area contributed by atoms with Crippen molar-refractivity contribution in [2.45, 2.75) is 25.2 Å². The molecule has 3 unspecified atom stereocenters. The van der Waals surface area contributed by atoms with Gasteiger partial charge in [-0.1, -0.05) is 40.0 Å². The van der Waals surface area contributed by atoms with Crippen LogP contribution in [0.1, 0.15) is 30.7 Å². The summed E-state index contributed by atoms with van der Waals surface area (Å²) in [6.07, 6.45) is 5.30. The maximum atomic E-state index is 14.1. The lowest BCUT2D eigenvalue weighted by molar-refractivity contribution is 0.391. The molecule has 102 valence electrons. The molecule has 3 atom stereocenters. The Morgan fingerprint density at radius 3 is 2.74 bits per heavy atom. The zero-order valence-electron chi connectivity index (χ0n) is 9.97. The van der Waals surface area contributed by atoms with Gasteiger partial charge in [-0.3, -0.25) is 0 Å². The molecule has 1 nitrogen and oxygen atoms in total. The predicted molar refractivity (Wildman–Crippen MR) is 73.6 cm³/mol. The monoisotopic (exact) mass is 348 g/mol. The van der Waals surface area contributed by atoms with E-state index in [-0.39, 0.29) is 16.5 Å². The number of phenols is 1. The van der Waals surface area contributed by atoms with Crippen molar-refractivity contribution in [2.75, 3.05) is 0 Å². The molecule has 3 rings (SSSR count). The standard InChI is InChI=1S/C14H12BrClF2O/c15-9-4-6-2-1-3-7(6)11(9)8-5-10(16)14(19)13(18)12(8)17/h4-7,11,19H,1-3H2. The van der Waals surface area contributed by atoms with Crippen molar-refractivity contribution >= 4 is 27.5 Å². The average molecular weight is 350 g/mol. The summed E-state index contributed by atoms with van der Waals surface area (Å²) in [5.41, 5.74) is 0.234. The lowest BCUT2D eigenvalue weighted by atomic mass is 9.85. The number of phenolic OH excluding ortho intramolecular Hbond substituents is 1. The van der Waals surface area contributed by atoms with E-state index < -0.39 is 17.4 Å². The minimum atomic E-state index is -1.26. The third-order valence-corrected chi connectivity index (χ3v) is 5.27. The predicted octanol–water partition coefficient (Wildman–Crippen LogP) is 5.12. The number of fused-ring (bicyclic) bond motifs is 1. The van der Waals surface area contributed by atoms with E-state index in [0.29, 0.717) is 11.8 Å². The molecule has 2 aliphatic rings. The summed E-state index contributed by atoms with van der Waals surface area (Å²) in [6.45, 7) is 0. The first kappa shape index (κ1) is 13.4. The zero-order chi connectivity index (χ0) is 13.7. The Hall–Kier alpha value is -0.610. The molecule has 1 aromatic rings. The number of allylic oxidation sites excluding steroid dienone is 2. The summed E-state index contributed by atoms with van der Waals surface area (Å²) >= 11 is 9.23. The van der Waals surface area contributed by atoms with Crippen LogP contribution in [-0.4, -0.2) is 5.11 Å². The van der Waals surface area contributed by atoms with E-state index in [9.17, 15) is 13.9 Å². The zero-order valence-corrected chi connectivity index (χ0v) is 12.3. The Morgan fingerprint density at radius 1 is 1.26 bits per heavy atom. The molecule has 1 saturated carbocycles. The van der Waals surface area contributed by atoms with Crippen molar-refractivity contribution in [3.8, 4) is 5.75 Å². The third-order valence-electron chi connectivity index (χ3n) is 4.22. The molecule has 0 spiro atoms. The van der Waals surface area contributed by atoms with Crippen LogP contribution in [-0.2, 0) is 0 Å². The molecule has 5 heteroatoms. The Morgan fingerprint density at radius 2 is 2.00 bits per heavy atom. The molecule has 1 aromatic carbocycles. The minimum absolute atomic E-state index is 0.143. The van der Waals surface area contributed by atoms with Gasteiger partial charge in [-0.15, -0.1) is 0 Å². The van der Waals surface area contributed by atoms with Gasteiger partial charge in [0.1, 0.15) is 0 Å². The molecule has 19 heavy (non-hydrogen) atoms. The van der Waals surface area contributed by atoms with E-state index in [2.05, 4.69) is 22.0 Å². The van der Waals surface area contributed by atoms with E-state index >= 15 is 0 Å². The molecule has 1 N–H and O–H groups in total. The second kappa shape index (κ2) is 4.74. The van der Waals surface area contributed by atoms with Gasteiger partial charge in [0.25, 0.3) is 0 Å². The van der Waals surface area contributed by atoms with Gasteiger partial charge in [-0.2, -0.15) is 4.39 Å². The SMILES string of the molecule is Oc1c(Cl)cc(C2C(Br)=CC3CCCC32)c(F)c1F. The van der Waals surface area contributed by atoms with Crippen LogP contribution < -0.4 is 0 Å². The highest BCUT2D eigenvalue weighted by Gasteiger charge is 2.41. The Kier molecular flexibility index (Phi) is 3.34. The molecule has 0 aromatic heterocycles. The quantitative estimate of drug-likeness (QED) is 0.698. The van der Waals surface area contributed by atoms with Crippen LogP contribution in [0.2, 0.25) is 5.02 Å². The van der Waals surface area contributed by atoms with Gasteiger partial charge in [0.2, 0.25) is 5.82 Å². The van der Waals surface area contributed by atoms with Gasteiger partial charge in [-0.25, -0.2) is 4.39 Å². The molecule has 2 aliphatic carbocycles. The van der Waals surface area contributed by atoms with Crippen LogP contribution in [0.25, 0.3) is 0 Å². The van der Waals surface area contributed by atoms with E-state index in [1.807, 2.05) is 0 Å². The van der Waals surface area contributed by atoms with Crippen LogP contribution in [0.4, 0.5) is 8.78 Å². The highest BCUT2D eigenvalue weighted by molar-refractivity contribution is 9.11. The van der Waals surface area contributed by atoms with Crippen LogP contribution in [0.5, 0.6) is 5.75 Å². The van der Waals surface area contributed by atoms with Gasteiger partial charge < -0.3 is 5.11 Å². The molecule has 0 amide bonds. The lowest BCUT2D eigenvalue weighted by Crippen LogP contribution is -2.12. The highest BCUT2D eigenvalue weighted by Crippen LogP contribution is 2.54. The summed E-state index contributed by atoms with van der Waals surface area (Å²) in [7, 11) is 0. The summed E-state index contributed by atoms with van der Waals surface area (Å²) in [4.78, 5) is 0. The molecule has 0 radical (unpaired) electrons. The molecule has 0 saturated heterocycles. The van der Waals surface area contributed by atoms with Crippen molar-refractivity contribution in [1.82, 2.24) is 0 Å². The maximum absolute atomic E-state index is 14.1. The number of benzene rings is 1. The van der Waals surface area contributed by atoms with Crippen LogP contribution >= 0.6 is 27.5 Å². The largest absolute Gasteiger partial charge is 0.504 e. The third kappa shape index (κ3) is 2.00. The van der Waals surface area contributed by atoms with E-state index in [1.54, 1.807) is 0 Å². The maximum Gasteiger partial charge on any atom is 0.202 e. The first-order chi connectivity index (χ1) is 9.00. The fourth-order valence-corrected chi connectivity index (χ4v) is 4.49. The Bertz CT molecular complexity index is 573. The van der Waals surface area contributed by atoms with Gasteiger partial charge >= 0.3 is 0 Å². The van der Waals surface area contributed by atoms with Gasteiger partial charge in [0.15, 0.2) is 11.6 Å². The van der Waals surface area contributed by atoms with E-state index in [1.165, 1.54) is 6.07 Å². The van der Waals surface area contributed by atoms with Crippen molar-refractivity contribution in [3.63, 3.8) is 0 Å². The number of hydrogen-bond acceptors (Lipinski definition) is 1. The van der Waals surface area contributed by atoms with Gasteiger partial charge in [-0.05, 0) is 35.2 Å². The highest BCUT2D eigenvalue weighted by atomic mass is 79.9. The Balaban J connectivity index is 2.10. The van der Waals surface area contributed by atoms with E-state index in [4.69, 9.17) is 11.6 Å². The fraction of sp³-hybridized carbons (Fsp3) is 0.429. The van der Waals surface area contributed by atoms with Crippen LogP contribution in [0.15, 0.2) is 16.6 Å². The topological polar surface area (TPSA) is 20.2 Å². The number of halogens is 4. The molecular formula is C14H12BrClF2O. The van der Waals surface area contributed by atoms with Crippen molar-refractivity contribution in [1.29, 1.82) is 0 Å². The molecular weight excluding hydrogens is 338 g/mol. The van der Waals surface area contributed by atoms with Crippen LogP contribution in [0.3, 0.4) is 0 Å². The first-order valence-electron chi connectivity index (χ1n) is 6.24. The fourth-order valence-electron chi connectivity index (χ4n) is 3.36. The average Bonchev–Trinajstić information content (AvgIpc) is 2.92. The smallest absolute Gasteiger partial charge is 0.202 e. The lowest BCUT2D eigenvalue weighted by Gasteiger charge is -2.22. The minimum Gasteiger partial charge on any atom is -0.504 e. The molecule has 0 aliphatic heterocycles. The van der Waals surface area contributed by atoms with Crippen molar-refractivity contribution < 1.29 is 13.9 Å². The second-order valence-electron chi connectivity index (χ2n) is 5.21. The summed E-state index contributed by atoms with van der Waals surface area (Å²) in [5, 5.41) is 9.19. The Labute approximate surface area is 123 Å². The van der Waals surface area contributed by atoms with E-state index in [0.717, 1.165) is 23.7 Å². The normalized spacial score (nSPS) is 29.5. The van der Waals surface area contributed by atoms with Crippen molar-refractivity contribution in [3.05, 3.63) is 38.8 Å². The summed E-state index contributed by atoms with van der Waals surface area (Å²) in [6, 6.07) is 1.34. The number of hydrogen-bond donors (Lipinski definition) is 1. The first-order valence-corrected chi connectivity index (χ1v) is 7.41. The summed E-state index contributed by atoms with van der Waals surface area (Å²) in [5.74, 6) is -2.54. The van der Waals surface area contributed by atoms with Gasteiger partial charge in [0.05, 0.1) is 5.02 Å². The molecule has 0 heterocycles. The number of aromatic hydroxyl groups is 1. The van der Waals surface area contributed by atoms with Crippen LogP contribution in [0, 0.1) is 23.5 Å². The second-order valence-corrected chi connectivity index (χ2v) is 6.53. The molecule has 0 bridgehead atoms. The molecule has 1 fully saturated rings. The van der Waals surface area contributed by atoms with Gasteiger partial charge in [0, 0.05) is 11.5 Å². The van der Waals surface area contributed by atoms with Crippen molar-refractivity contribution in [2.24, 2.45) is 11.8 Å². The number of rotatable bonds is 1. The summed E-state index contributed by atoms with van der Waals surface area (Å²) < 4.78 is 28.6.